The molecule has 1 unspecified atom stereocenters. The molecular weight excluding hydrogens is 194 g/mol. The topological polar surface area (TPSA) is 81.2 Å². The Kier molecular flexibility index (Phi) is 3.62. The zero-order valence-electron chi connectivity index (χ0n) is 8.86. The second-order valence-corrected chi connectivity index (χ2v) is 3.59. The summed E-state index contributed by atoms with van der Waals surface area (Å²) in [5, 5.41) is 13.8. The third-order valence-electron chi connectivity index (χ3n) is 2.03. The summed E-state index contributed by atoms with van der Waals surface area (Å²) in [6.07, 6.45) is 0. The lowest BCUT2D eigenvalue weighted by Gasteiger charge is -2.10. The summed E-state index contributed by atoms with van der Waals surface area (Å²) in [7, 11) is 0. The molecule has 0 saturated heterocycles. The first-order chi connectivity index (χ1) is 7.02. The molecule has 0 aliphatic heterocycles. The maximum Gasteiger partial charge on any atom is 0.295 e. The summed E-state index contributed by atoms with van der Waals surface area (Å²) in [6, 6.07) is 5.15. The van der Waals surface area contributed by atoms with E-state index in [2.05, 4.69) is 5.32 Å². The van der Waals surface area contributed by atoms with Crippen molar-refractivity contribution in [2.24, 2.45) is 5.73 Å². The fraction of sp³-hybridized carbons (Fsp3) is 0.400. The largest absolute Gasteiger partial charge is 0.378 e. The first-order valence-electron chi connectivity index (χ1n) is 4.76. The minimum atomic E-state index is -0.376. The fourth-order valence-corrected chi connectivity index (χ4v) is 1.31. The lowest BCUT2D eigenvalue weighted by molar-refractivity contribution is -0.384. The van der Waals surface area contributed by atoms with E-state index >= 15 is 0 Å². The minimum absolute atomic E-state index is 0.0369. The van der Waals surface area contributed by atoms with Crippen LogP contribution in [0.5, 0.6) is 0 Å². The summed E-state index contributed by atoms with van der Waals surface area (Å²) >= 11 is 0. The van der Waals surface area contributed by atoms with Crippen LogP contribution in [-0.2, 0) is 0 Å². The van der Waals surface area contributed by atoms with Gasteiger partial charge in [0.1, 0.15) is 5.69 Å². The highest BCUT2D eigenvalue weighted by Crippen LogP contribution is 2.27. The van der Waals surface area contributed by atoms with Gasteiger partial charge < -0.3 is 11.1 Å². The zero-order valence-corrected chi connectivity index (χ0v) is 8.86. The van der Waals surface area contributed by atoms with Gasteiger partial charge in [-0.15, -0.1) is 0 Å². The predicted molar refractivity (Wildman–Crippen MR) is 60.0 cm³/mol. The lowest BCUT2D eigenvalue weighted by Crippen LogP contribution is -2.25. The van der Waals surface area contributed by atoms with Crippen LogP contribution in [0.25, 0.3) is 0 Å². The Morgan fingerprint density at radius 2 is 2.27 bits per heavy atom. The van der Waals surface area contributed by atoms with E-state index in [1.807, 2.05) is 6.92 Å². The normalized spacial score (nSPS) is 12.2. The van der Waals surface area contributed by atoms with E-state index in [0.717, 1.165) is 0 Å². The van der Waals surface area contributed by atoms with E-state index in [-0.39, 0.29) is 16.7 Å². The molecule has 0 amide bonds. The molecule has 0 saturated carbocycles. The molecule has 1 aromatic carbocycles. The van der Waals surface area contributed by atoms with Crippen LogP contribution in [0.1, 0.15) is 12.5 Å². The van der Waals surface area contributed by atoms with Crippen LogP contribution in [-0.4, -0.2) is 17.5 Å². The maximum absolute atomic E-state index is 10.8. The molecule has 82 valence electrons. The number of nitrogens with one attached hydrogen (secondary N) is 1. The number of benzene rings is 1. The first kappa shape index (κ1) is 11.5. The van der Waals surface area contributed by atoms with Crippen molar-refractivity contribution in [1.82, 2.24) is 0 Å². The van der Waals surface area contributed by atoms with Gasteiger partial charge >= 0.3 is 0 Å². The Balaban J connectivity index is 2.96. The van der Waals surface area contributed by atoms with E-state index < -0.39 is 0 Å². The van der Waals surface area contributed by atoms with Crippen molar-refractivity contribution in [3.05, 3.63) is 33.9 Å². The molecular formula is C10H15N3O2. The molecule has 3 N–H and O–H groups in total. The molecule has 15 heavy (non-hydrogen) atoms. The van der Waals surface area contributed by atoms with E-state index in [1.54, 1.807) is 25.1 Å². The molecule has 0 aliphatic carbocycles. The molecule has 0 heterocycles. The van der Waals surface area contributed by atoms with Crippen LogP contribution in [0.2, 0.25) is 0 Å². The van der Waals surface area contributed by atoms with E-state index in [0.29, 0.717) is 17.8 Å². The molecule has 0 fully saturated rings. The van der Waals surface area contributed by atoms with Crippen molar-refractivity contribution in [3.63, 3.8) is 0 Å². The van der Waals surface area contributed by atoms with Gasteiger partial charge in [-0.25, -0.2) is 0 Å². The van der Waals surface area contributed by atoms with Crippen LogP contribution in [0.3, 0.4) is 0 Å². The average molecular weight is 209 g/mol. The summed E-state index contributed by atoms with van der Waals surface area (Å²) in [5.41, 5.74) is 6.87. The number of para-hydroxylation sites is 1. The Labute approximate surface area is 88.4 Å². The van der Waals surface area contributed by atoms with Crippen LogP contribution < -0.4 is 11.1 Å². The molecule has 0 radical (unpaired) electrons. The Morgan fingerprint density at radius 3 is 2.80 bits per heavy atom. The molecule has 0 aromatic heterocycles. The van der Waals surface area contributed by atoms with Crippen LogP contribution in [0, 0.1) is 17.0 Å². The minimum Gasteiger partial charge on any atom is -0.378 e. The summed E-state index contributed by atoms with van der Waals surface area (Å²) in [6.45, 7) is 4.08. The number of nitrogens with two attached hydrogens (primary N) is 1. The summed E-state index contributed by atoms with van der Waals surface area (Å²) < 4.78 is 0. The first-order valence-corrected chi connectivity index (χ1v) is 4.76. The monoisotopic (exact) mass is 209 g/mol. The van der Waals surface area contributed by atoms with Crippen molar-refractivity contribution in [3.8, 4) is 0 Å². The highest BCUT2D eigenvalue weighted by atomic mass is 16.6. The molecule has 0 aliphatic rings. The smallest absolute Gasteiger partial charge is 0.295 e. The predicted octanol–water partition coefficient (Wildman–Crippen LogP) is 1.66. The van der Waals surface area contributed by atoms with E-state index in [1.165, 1.54) is 0 Å². The second kappa shape index (κ2) is 4.75. The highest BCUT2D eigenvalue weighted by molar-refractivity contribution is 5.65. The second-order valence-electron chi connectivity index (χ2n) is 3.59. The van der Waals surface area contributed by atoms with Gasteiger partial charge in [-0.3, -0.25) is 10.1 Å². The molecule has 5 nitrogen and oxygen atoms in total. The Bertz CT molecular complexity index is 364. The Hall–Kier alpha value is -1.62. The van der Waals surface area contributed by atoms with Gasteiger partial charge in [0.15, 0.2) is 0 Å². The van der Waals surface area contributed by atoms with Crippen molar-refractivity contribution in [1.29, 1.82) is 0 Å². The number of nitrogens with zero attached hydrogens (tertiary/aromatic N) is 1. The van der Waals surface area contributed by atoms with Crippen LogP contribution in [0.15, 0.2) is 18.2 Å². The highest BCUT2D eigenvalue weighted by Gasteiger charge is 2.16. The van der Waals surface area contributed by atoms with Gasteiger partial charge in [0.25, 0.3) is 5.69 Å². The molecule has 1 atom stereocenters. The van der Waals surface area contributed by atoms with Gasteiger partial charge in [0, 0.05) is 18.2 Å². The third-order valence-corrected chi connectivity index (χ3v) is 2.03. The van der Waals surface area contributed by atoms with Gasteiger partial charge in [0.05, 0.1) is 4.92 Å². The molecule has 0 spiro atoms. The number of nitro benzene ring substituents is 1. The number of rotatable bonds is 4. The maximum atomic E-state index is 10.8. The number of anilines is 1. The fourth-order valence-electron chi connectivity index (χ4n) is 1.31. The zero-order chi connectivity index (χ0) is 11.4. The van der Waals surface area contributed by atoms with Gasteiger partial charge in [0.2, 0.25) is 0 Å². The number of aryl methyl sites for hydroxylation is 1. The molecule has 5 heteroatoms. The van der Waals surface area contributed by atoms with Crippen molar-refractivity contribution in [2.45, 2.75) is 19.9 Å². The van der Waals surface area contributed by atoms with E-state index in [4.69, 9.17) is 5.73 Å². The molecule has 0 bridgehead atoms. The SMILES string of the molecule is Cc1cccc(NCC(C)N)c1[N+](=O)[O-]. The third kappa shape index (κ3) is 2.92. The molecule has 1 aromatic rings. The van der Waals surface area contributed by atoms with E-state index in [9.17, 15) is 10.1 Å². The average Bonchev–Trinajstić information content (AvgIpc) is 2.13. The van der Waals surface area contributed by atoms with Crippen molar-refractivity contribution >= 4 is 11.4 Å². The van der Waals surface area contributed by atoms with Gasteiger partial charge in [-0.1, -0.05) is 12.1 Å². The molecule has 1 rings (SSSR count). The quantitative estimate of drug-likeness (QED) is 0.583. The van der Waals surface area contributed by atoms with Crippen molar-refractivity contribution in [2.75, 3.05) is 11.9 Å². The number of nitro groups is 1. The van der Waals surface area contributed by atoms with Crippen molar-refractivity contribution < 1.29 is 4.92 Å². The number of hydrogen-bond donors (Lipinski definition) is 2. The Morgan fingerprint density at radius 1 is 1.60 bits per heavy atom. The van der Waals surface area contributed by atoms with Crippen LogP contribution in [0.4, 0.5) is 11.4 Å². The van der Waals surface area contributed by atoms with Crippen LogP contribution >= 0.6 is 0 Å². The van der Waals surface area contributed by atoms with Gasteiger partial charge in [-0.2, -0.15) is 0 Å². The van der Waals surface area contributed by atoms with Gasteiger partial charge in [-0.05, 0) is 19.9 Å². The standard InChI is InChI=1S/C10H15N3O2/c1-7-4-3-5-9(10(7)13(14)15)12-6-8(2)11/h3-5,8,12H,6,11H2,1-2H3. The summed E-state index contributed by atoms with van der Waals surface area (Å²) in [4.78, 5) is 10.4. The number of hydrogen-bond acceptors (Lipinski definition) is 4. The summed E-state index contributed by atoms with van der Waals surface area (Å²) in [5.74, 6) is 0. The lowest BCUT2D eigenvalue weighted by atomic mass is 10.1.